The molecule has 0 saturated carbocycles. The number of aromatic nitrogens is 2. The number of hydrazine groups is 1. The van der Waals surface area contributed by atoms with Gasteiger partial charge in [-0.25, -0.2) is 15.8 Å². The topological polar surface area (TPSA) is 94.3 Å². The molecule has 0 radical (unpaired) electrons. The summed E-state index contributed by atoms with van der Waals surface area (Å²) in [5.41, 5.74) is 3.26. The fourth-order valence-electron chi connectivity index (χ4n) is 1.72. The predicted octanol–water partition coefficient (Wildman–Crippen LogP) is 2.31. The van der Waals surface area contributed by atoms with Gasteiger partial charge >= 0.3 is 0 Å². The molecule has 0 amide bonds. The van der Waals surface area contributed by atoms with Crippen LogP contribution in [0.5, 0.6) is 5.75 Å². The molecule has 0 spiro atoms. The van der Waals surface area contributed by atoms with Gasteiger partial charge < -0.3 is 20.2 Å². The molecule has 0 bridgehead atoms. The van der Waals surface area contributed by atoms with Gasteiger partial charge in [-0.1, -0.05) is 11.6 Å². The molecule has 0 aliphatic carbocycles. The van der Waals surface area contributed by atoms with Crippen LogP contribution in [-0.2, 0) is 11.3 Å². The second kappa shape index (κ2) is 7.07. The number of rotatable bonds is 6. The first kappa shape index (κ1) is 15.3. The number of anilines is 3. The minimum atomic E-state index is 0.285. The van der Waals surface area contributed by atoms with Gasteiger partial charge in [0, 0.05) is 18.9 Å². The average molecular weight is 310 g/mol. The first-order valence-electron chi connectivity index (χ1n) is 6.10. The Kier molecular flexibility index (Phi) is 5.15. The summed E-state index contributed by atoms with van der Waals surface area (Å²) in [6.07, 6.45) is 0. The van der Waals surface area contributed by atoms with Gasteiger partial charge in [0.1, 0.15) is 24.0 Å². The van der Waals surface area contributed by atoms with Gasteiger partial charge in [-0.2, -0.15) is 0 Å². The predicted molar refractivity (Wildman–Crippen MR) is 81.8 cm³/mol. The van der Waals surface area contributed by atoms with Crippen molar-refractivity contribution in [3.05, 3.63) is 35.1 Å². The van der Waals surface area contributed by atoms with E-state index in [1.54, 1.807) is 32.4 Å². The van der Waals surface area contributed by atoms with Gasteiger partial charge in [-0.15, -0.1) is 0 Å². The zero-order chi connectivity index (χ0) is 15.2. The fraction of sp³-hybridized carbons (Fsp3) is 0.231. The number of nitrogen functional groups attached to an aromatic ring is 1. The lowest BCUT2D eigenvalue weighted by atomic mass is 10.3. The highest BCUT2D eigenvalue weighted by Gasteiger charge is 2.06. The van der Waals surface area contributed by atoms with E-state index in [2.05, 4.69) is 20.7 Å². The number of benzene rings is 1. The summed E-state index contributed by atoms with van der Waals surface area (Å²) in [5, 5.41) is 3.63. The monoisotopic (exact) mass is 309 g/mol. The van der Waals surface area contributed by atoms with E-state index >= 15 is 0 Å². The lowest BCUT2D eigenvalue weighted by molar-refractivity contribution is 0.178. The summed E-state index contributed by atoms with van der Waals surface area (Å²) in [4.78, 5) is 8.49. The smallest absolute Gasteiger partial charge is 0.158 e. The molecule has 2 aromatic rings. The molecule has 7 nitrogen and oxygen atoms in total. The lowest BCUT2D eigenvalue weighted by Crippen LogP contribution is -2.11. The summed E-state index contributed by atoms with van der Waals surface area (Å²) in [6.45, 7) is 0.285. The normalized spacial score (nSPS) is 10.3. The average Bonchev–Trinajstić information content (AvgIpc) is 2.47. The standard InChI is InChI=1S/C13H16ClN5O2/c1-20-7-13-17-11(6-12(18-13)19-15)16-8-3-4-10(21-2)9(14)5-8/h3-6H,7,15H2,1-2H3,(H2,16,17,18,19). The van der Waals surface area contributed by atoms with Crippen LogP contribution in [0.15, 0.2) is 24.3 Å². The first-order chi connectivity index (χ1) is 10.2. The highest BCUT2D eigenvalue weighted by Crippen LogP contribution is 2.28. The molecule has 0 aliphatic rings. The molecule has 0 fully saturated rings. The van der Waals surface area contributed by atoms with Crippen LogP contribution in [0.3, 0.4) is 0 Å². The molecule has 0 aliphatic heterocycles. The minimum absolute atomic E-state index is 0.285. The van der Waals surface area contributed by atoms with Crippen LogP contribution in [0, 0.1) is 0 Å². The van der Waals surface area contributed by atoms with Crippen LogP contribution in [0.4, 0.5) is 17.3 Å². The van der Waals surface area contributed by atoms with Crippen molar-refractivity contribution in [3.8, 4) is 5.75 Å². The van der Waals surface area contributed by atoms with Crippen LogP contribution in [0.1, 0.15) is 5.82 Å². The second-order valence-electron chi connectivity index (χ2n) is 4.11. The molecule has 2 rings (SSSR count). The molecule has 1 aromatic carbocycles. The maximum atomic E-state index is 6.09. The van der Waals surface area contributed by atoms with Gasteiger partial charge in [-0.05, 0) is 18.2 Å². The van der Waals surface area contributed by atoms with Crippen molar-refractivity contribution >= 4 is 28.9 Å². The van der Waals surface area contributed by atoms with Crippen molar-refractivity contribution in [2.45, 2.75) is 6.61 Å². The Morgan fingerprint density at radius 2 is 1.95 bits per heavy atom. The number of nitrogens with two attached hydrogens (primary N) is 1. The van der Waals surface area contributed by atoms with Gasteiger partial charge in [0.2, 0.25) is 0 Å². The molecule has 1 aromatic heterocycles. The maximum absolute atomic E-state index is 6.09. The Morgan fingerprint density at radius 1 is 1.19 bits per heavy atom. The van der Waals surface area contributed by atoms with Crippen molar-refractivity contribution in [1.82, 2.24) is 9.97 Å². The molecule has 112 valence electrons. The van der Waals surface area contributed by atoms with E-state index < -0.39 is 0 Å². The number of hydrogen-bond donors (Lipinski definition) is 3. The van der Waals surface area contributed by atoms with Crippen LogP contribution in [-0.4, -0.2) is 24.2 Å². The van der Waals surface area contributed by atoms with E-state index in [0.717, 1.165) is 5.69 Å². The molecule has 8 heteroatoms. The van der Waals surface area contributed by atoms with Gasteiger partial charge in [-0.3, -0.25) is 0 Å². The third-order valence-corrected chi connectivity index (χ3v) is 2.91. The fourth-order valence-corrected chi connectivity index (χ4v) is 1.98. The Balaban J connectivity index is 2.25. The molecular weight excluding hydrogens is 294 g/mol. The quantitative estimate of drug-likeness (QED) is 0.557. The molecular formula is C13H16ClN5O2. The third kappa shape index (κ3) is 3.94. The van der Waals surface area contributed by atoms with E-state index in [1.807, 2.05) is 6.07 Å². The Hall–Kier alpha value is -2.09. The number of methoxy groups -OCH3 is 2. The molecule has 21 heavy (non-hydrogen) atoms. The number of ether oxygens (including phenoxy) is 2. The van der Waals surface area contributed by atoms with Crippen LogP contribution >= 0.6 is 11.6 Å². The summed E-state index contributed by atoms with van der Waals surface area (Å²) in [6, 6.07) is 7.02. The molecule has 0 unspecified atom stereocenters. The zero-order valence-corrected chi connectivity index (χ0v) is 12.4. The number of hydrogen-bond acceptors (Lipinski definition) is 7. The molecule has 0 saturated heterocycles. The number of halogens is 1. The van der Waals surface area contributed by atoms with E-state index in [0.29, 0.717) is 28.2 Å². The lowest BCUT2D eigenvalue weighted by Gasteiger charge is -2.11. The van der Waals surface area contributed by atoms with E-state index in [-0.39, 0.29) is 6.61 Å². The Morgan fingerprint density at radius 3 is 2.57 bits per heavy atom. The van der Waals surface area contributed by atoms with Crippen molar-refractivity contribution < 1.29 is 9.47 Å². The van der Waals surface area contributed by atoms with E-state index in [4.69, 9.17) is 26.9 Å². The first-order valence-corrected chi connectivity index (χ1v) is 6.48. The third-order valence-electron chi connectivity index (χ3n) is 2.62. The Bertz CT molecular complexity index is 624. The van der Waals surface area contributed by atoms with Crippen LogP contribution in [0.2, 0.25) is 5.02 Å². The maximum Gasteiger partial charge on any atom is 0.158 e. The van der Waals surface area contributed by atoms with Crippen molar-refractivity contribution in [2.24, 2.45) is 5.84 Å². The zero-order valence-electron chi connectivity index (χ0n) is 11.7. The number of nitrogens with one attached hydrogen (secondary N) is 2. The minimum Gasteiger partial charge on any atom is -0.495 e. The summed E-state index contributed by atoms with van der Waals surface area (Å²) in [7, 11) is 3.14. The summed E-state index contributed by atoms with van der Waals surface area (Å²) >= 11 is 6.09. The largest absolute Gasteiger partial charge is 0.495 e. The highest BCUT2D eigenvalue weighted by atomic mass is 35.5. The van der Waals surface area contributed by atoms with Gasteiger partial charge in [0.15, 0.2) is 5.82 Å². The van der Waals surface area contributed by atoms with Crippen LogP contribution in [0.25, 0.3) is 0 Å². The highest BCUT2D eigenvalue weighted by molar-refractivity contribution is 6.32. The molecule has 4 N–H and O–H groups in total. The molecule has 1 heterocycles. The van der Waals surface area contributed by atoms with Crippen molar-refractivity contribution in [1.29, 1.82) is 0 Å². The van der Waals surface area contributed by atoms with Crippen molar-refractivity contribution in [3.63, 3.8) is 0 Å². The van der Waals surface area contributed by atoms with Gasteiger partial charge in [0.05, 0.1) is 12.1 Å². The SMILES string of the molecule is COCc1nc(NN)cc(Nc2ccc(OC)c(Cl)c2)n1. The van der Waals surface area contributed by atoms with Crippen molar-refractivity contribution in [2.75, 3.05) is 25.0 Å². The summed E-state index contributed by atoms with van der Waals surface area (Å²) < 4.78 is 10.1. The summed E-state index contributed by atoms with van der Waals surface area (Å²) in [5.74, 6) is 7.57. The second-order valence-corrected chi connectivity index (χ2v) is 4.51. The Labute approximate surface area is 127 Å². The van der Waals surface area contributed by atoms with E-state index in [1.165, 1.54) is 0 Å². The van der Waals surface area contributed by atoms with Crippen LogP contribution < -0.4 is 21.3 Å². The number of nitrogens with zero attached hydrogens (tertiary/aromatic N) is 2. The molecule has 0 atom stereocenters. The van der Waals surface area contributed by atoms with Gasteiger partial charge in [0.25, 0.3) is 0 Å². The van der Waals surface area contributed by atoms with E-state index in [9.17, 15) is 0 Å².